The maximum Gasteiger partial charge on any atom is 0.0508 e. The van der Waals surface area contributed by atoms with Crippen molar-refractivity contribution >= 4 is 11.6 Å². The highest BCUT2D eigenvalue weighted by atomic mass is 35.5. The van der Waals surface area contributed by atoms with Crippen molar-refractivity contribution in [1.29, 1.82) is 0 Å². The Bertz CT molecular complexity index is 392. The topological polar surface area (TPSA) is 12.0 Å². The molecule has 0 bridgehead atoms. The summed E-state index contributed by atoms with van der Waals surface area (Å²) in [4.78, 5) is 0. The average molecular weight is 252 g/mol. The summed E-state index contributed by atoms with van der Waals surface area (Å²) in [5.74, 6) is 0. The minimum absolute atomic E-state index is 0.288. The number of allylic oxidation sites excluding steroid dienone is 1. The molecule has 1 aromatic carbocycles. The van der Waals surface area contributed by atoms with E-state index < -0.39 is 0 Å². The molecule has 94 valence electrons. The Hall–Kier alpha value is -0.790. The highest BCUT2D eigenvalue weighted by molar-refractivity contribution is 6.31. The van der Waals surface area contributed by atoms with Crippen LogP contribution >= 0.6 is 11.6 Å². The van der Waals surface area contributed by atoms with E-state index in [1.165, 1.54) is 11.1 Å². The fraction of sp³-hybridized carbons (Fsp3) is 0.467. The Morgan fingerprint density at radius 1 is 1.41 bits per heavy atom. The maximum absolute atomic E-state index is 6.06. The van der Waals surface area contributed by atoms with Gasteiger partial charge in [0.15, 0.2) is 0 Å². The first kappa shape index (κ1) is 14.3. The molecule has 1 nitrogen and oxygen atoms in total. The zero-order valence-corrected chi connectivity index (χ0v) is 11.9. The molecule has 0 aliphatic heterocycles. The van der Waals surface area contributed by atoms with Gasteiger partial charge >= 0.3 is 0 Å². The number of rotatable bonds is 5. The lowest BCUT2D eigenvalue weighted by molar-refractivity contribution is 0.610. The minimum Gasteiger partial charge on any atom is -0.307 e. The molecule has 0 amide bonds. The molecular weight excluding hydrogens is 230 g/mol. The van der Waals surface area contributed by atoms with E-state index in [2.05, 4.69) is 44.3 Å². The Labute approximate surface area is 110 Å². The van der Waals surface area contributed by atoms with Gasteiger partial charge in [-0.25, -0.2) is 0 Å². The summed E-state index contributed by atoms with van der Waals surface area (Å²) >= 11 is 6.06. The summed E-state index contributed by atoms with van der Waals surface area (Å²) in [6, 6.07) is 6.53. The van der Waals surface area contributed by atoms with Gasteiger partial charge in [-0.05, 0) is 50.9 Å². The Balaban J connectivity index is 2.95. The van der Waals surface area contributed by atoms with E-state index in [1.54, 1.807) is 0 Å². The van der Waals surface area contributed by atoms with E-state index in [1.807, 2.05) is 13.0 Å². The van der Waals surface area contributed by atoms with Crippen molar-refractivity contribution in [3.05, 3.63) is 46.0 Å². The number of aryl methyl sites for hydroxylation is 1. The standard InChI is InChI=1S/C15H22ClN/c1-5-8-17-15(9-11(2)3)13-6-7-14(16)12(4)10-13/h6-7,9-10,15,17H,5,8H2,1-4H3. The van der Waals surface area contributed by atoms with Gasteiger partial charge in [0.25, 0.3) is 0 Å². The lowest BCUT2D eigenvalue weighted by atomic mass is 10.0. The molecule has 1 N–H and O–H groups in total. The van der Waals surface area contributed by atoms with Crippen molar-refractivity contribution in [3.63, 3.8) is 0 Å². The molecule has 0 saturated heterocycles. The molecule has 0 fully saturated rings. The molecule has 0 aliphatic rings. The van der Waals surface area contributed by atoms with E-state index >= 15 is 0 Å². The second-order valence-electron chi connectivity index (χ2n) is 4.68. The smallest absolute Gasteiger partial charge is 0.0508 e. The minimum atomic E-state index is 0.288. The largest absolute Gasteiger partial charge is 0.307 e. The van der Waals surface area contributed by atoms with Gasteiger partial charge in [-0.15, -0.1) is 0 Å². The molecular formula is C15H22ClN. The fourth-order valence-electron chi connectivity index (χ4n) is 1.77. The summed E-state index contributed by atoms with van der Waals surface area (Å²) in [6.45, 7) is 9.51. The summed E-state index contributed by atoms with van der Waals surface area (Å²) in [7, 11) is 0. The van der Waals surface area contributed by atoms with Crippen molar-refractivity contribution in [2.24, 2.45) is 0 Å². The third kappa shape index (κ3) is 4.53. The third-order valence-electron chi connectivity index (χ3n) is 2.66. The molecule has 0 spiro atoms. The van der Waals surface area contributed by atoms with Crippen LogP contribution in [0.3, 0.4) is 0 Å². The zero-order chi connectivity index (χ0) is 12.8. The van der Waals surface area contributed by atoms with Gasteiger partial charge in [0, 0.05) is 5.02 Å². The van der Waals surface area contributed by atoms with Gasteiger partial charge in [0.1, 0.15) is 0 Å². The van der Waals surface area contributed by atoms with Crippen molar-refractivity contribution in [1.82, 2.24) is 5.32 Å². The first-order valence-electron chi connectivity index (χ1n) is 6.19. The molecule has 1 aromatic rings. The molecule has 0 radical (unpaired) electrons. The van der Waals surface area contributed by atoms with E-state index in [0.717, 1.165) is 23.6 Å². The molecule has 1 rings (SSSR count). The summed E-state index contributed by atoms with van der Waals surface area (Å²) in [5, 5.41) is 4.38. The van der Waals surface area contributed by atoms with Crippen LogP contribution in [0.1, 0.15) is 44.4 Å². The first-order valence-corrected chi connectivity index (χ1v) is 6.56. The monoisotopic (exact) mass is 251 g/mol. The van der Waals surface area contributed by atoms with E-state index in [-0.39, 0.29) is 6.04 Å². The fourth-order valence-corrected chi connectivity index (χ4v) is 1.89. The van der Waals surface area contributed by atoms with Crippen LogP contribution in [-0.4, -0.2) is 6.54 Å². The summed E-state index contributed by atoms with van der Waals surface area (Å²) < 4.78 is 0. The van der Waals surface area contributed by atoms with Gasteiger partial charge in [-0.1, -0.05) is 42.3 Å². The molecule has 17 heavy (non-hydrogen) atoms. The summed E-state index contributed by atoms with van der Waals surface area (Å²) in [5.41, 5.74) is 3.74. The lowest BCUT2D eigenvalue weighted by Gasteiger charge is -2.17. The Morgan fingerprint density at radius 2 is 2.12 bits per heavy atom. The number of hydrogen-bond donors (Lipinski definition) is 1. The molecule has 0 aliphatic carbocycles. The number of benzene rings is 1. The van der Waals surface area contributed by atoms with Crippen LogP contribution in [0.15, 0.2) is 29.8 Å². The molecule has 0 saturated carbocycles. The van der Waals surface area contributed by atoms with Gasteiger partial charge in [-0.3, -0.25) is 0 Å². The van der Waals surface area contributed by atoms with Crippen LogP contribution in [0.25, 0.3) is 0 Å². The van der Waals surface area contributed by atoms with Crippen LogP contribution in [0, 0.1) is 6.92 Å². The number of hydrogen-bond acceptors (Lipinski definition) is 1. The predicted molar refractivity (Wildman–Crippen MR) is 76.7 cm³/mol. The van der Waals surface area contributed by atoms with Gasteiger partial charge in [0.05, 0.1) is 6.04 Å². The summed E-state index contributed by atoms with van der Waals surface area (Å²) in [6.07, 6.45) is 3.40. The molecule has 0 aromatic heterocycles. The lowest BCUT2D eigenvalue weighted by Crippen LogP contribution is -2.20. The van der Waals surface area contributed by atoms with Gasteiger partial charge in [-0.2, -0.15) is 0 Å². The van der Waals surface area contributed by atoms with Gasteiger partial charge < -0.3 is 5.32 Å². The Kier molecular flexibility index (Phi) is 5.73. The quantitative estimate of drug-likeness (QED) is 0.751. The van der Waals surface area contributed by atoms with Gasteiger partial charge in [0.2, 0.25) is 0 Å². The maximum atomic E-state index is 6.06. The van der Waals surface area contributed by atoms with E-state index in [4.69, 9.17) is 11.6 Å². The van der Waals surface area contributed by atoms with E-state index in [9.17, 15) is 0 Å². The first-order chi connectivity index (χ1) is 8.04. The number of nitrogens with one attached hydrogen (secondary N) is 1. The van der Waals surface area contributed by atoms with Crippen molar-refractivity contribution < 1.29 is 0 Å². The molecule has 2 heteroatoms. The predicted octanol–water partition coefficient (Wildman–Crippen LogP) is 4.66. The SMILES string of the molecule is CCCNC(C=C(C)C)c1ccc(Cl)c(C)c1. The van der Waals surface area contributed by atoms with Crippen LogP contribution in [0.4, 0.5) is 0 Å². The second-order valence-corrected chi connectivity index (χ2v) is 5.09. The highest BCUT2D eigenvalue weighted by Gasteiger charge is 2.08. The molecule has 1 atom stereocenters. The highest BCUT2D eigenvalue weighted by Crippen LogP contribution is 2.22. The van der Waals surface area contributed by atoms with Crippen molar-refractivity contribution in [2.75, 3.05) is 6.54 Å². The van der Waals surface area contributed by atoms with Crippen LogP contribution in [0.5, 0.6) is 0 Å². The molecule has 0 heterocycles. The van der Waals surface area contributed by atoms with Crippen LogP contribution < -0.4 is 5.32 Å². The Morgan fingerprint density at radius 3 is 2.65 bits per heavy atom. The normalized spacial score (nSPS) is 12.3. The van der Waals surface area contributed by atoms with Crippen LogP contribution in [0.2, 0.25) is 5.02 Å². The number of halogens is 1. The van der Waals surface area contributed by atoms with E-state index in [0.29, 0.717) is 0 Å². The average Bonchev–Trinajstić information content (AvgIpc) is 2.27. The van der Waals surface area contributed by atoms with Crippen molar-refractivity contribution in [3.8, 4) is 0 Å². The third-order valence-corrected chi connectivity index (χ3v) is 3.08. The zero-order valence-electron chi connectivity index (χ0n) is 11.2. The molecule has 1 unspecified atom stereocenters. The van der Waals surface area contributed by atoms with Crippen molar-refractivity contribution in [2.45, 2.75) is 40.2 Å². The van der Waals surface area contributed by atoms with Crippen LogP contribution in [-0.2, 0) is 0 Å². The second kappa shape index (κ2) is 6.83.